The lowest BCUT2D eigenvalue weighted by Crippen LogP contribution is -1.84. The Labute approximate surface area is 60.8 Å². The third kappa shape index (κ3) is 1.13. The van der Waals surface area contributed by atoms with Crippen LogP contribution in [0.2, 0.25) is 1.41 Å². The summed E-state index contributed by atoms with van der Waals surface area (Å²) in [7, 11) is 0. The van der Waals surface area contributed by atoms with Crippen molar-refractivity contribution in [3.8, 4) is 0 Å². The quantitative estimate of drug-likeness (QED) is 0.451. The molecule has 0 heterocycles. The van der Waals surface area contributed by atoms with E-state index >= 15 is 0 Å². The first kappa shape index (κ1) is 5.41. The standard InChI is InChI=1S/C7H9N3/c1-5-4-6(8)2-3-7(5)10-9/h2-4,9H,8H2,1H3/i/hD. The van der Waals surface area contributed by atoms with Crippen molar-refractivity contribution in [3.63, 3.8) is 0 Å². The summed E-state index contributed by atoms with van der Waals surface area (Å²) in [6, 6.07) is 5.27. The minimum absolute atomic E-state index is 0.689. The second kappa shape index (κ2) is 2.47. The minimum atomic E-state index is 0.689. The van der Waals surface area contributed by atoms with Crippen molar-refractivity contribution in [2.24, 2.45) is 5.11 Å². The number of hydrogen-bond acceptors (Lipinski definition) is 3. The number of anilines is 1. The van der Waals surface area contributed by atoms with Gasteiger partial charge in [-0.05, 0) is 30.7 Å². The van der Waals surface area contributed by atoms with E-state index in [1.54, 1.807) is 18.2 Å². The highest BCUT2D eigenvalue weighted by Crippen LogP contribution is 2.19. The fourth-order valence-electron chi connectivity index (χ4n) is 0.791. The van der Waals surface area contributed by atoms with Crippen LogP contribution in [0.3, 0.4) is 0 Å². The second-order valence-corrected chi connectivity index (χ2v) is 2.15. The maximum atomic E-state index is 6.52. The largest absolute Gasteiger partial charge is 0.399 e. The van der Waals surface area contributed by atoms with Gasteiger partial charge in [0.25, 0.3) is 0 Å². The Morgan fingerprint density at radius 2 is 2.50 bits per heavy atom. The molecule has 0 aliphatic carbocycles. The van der Waals surface area contributed by atoms with Gasteiger partial charge in [0, 0.05) is 5.69 Å². The maximum absolute atomic E-state index is 6.52. The van der Waals surface area contributed by atoms with Gasteiger partial charge in [0.1, 0.15) is 0 Å². The molecule has 0 amide bonds. The van der Waals surface area contributed by atoms with Crippen LogP contribution in [-0.4, -0.2) is 0 Å². The van der Waals surface area contributed by atoms with Gasteiger partial charge in [-0.1, -0.05) is 0 Å². The molecule has 10 heavy (non-hydrogen) atoms. The average Bonchev–Trinajstić information content (AvgIpc) is 1.95. The first-order valence-corrected chi connectivity index (χ1v) is 2.95. The van der Waals surface area contributed by atoms with E-state index in [-0.39, 0.29) is 0 Å². The summed E-state index contributed by atoms with van der Waals surface area (Å²) in [5, 5.41) is 3.58. The number of hydrogen-bond donors (Lipinski definition) is 2. The molecule has 0 atom stereocenters. The van der Waals surface area contributed by atoms with Crippen LogP contribution in [-0.2, 0) is 0 Å². The molecule has 0 saturated heterocycles. The lowest BCUT2D eigenvalue weighted by atomic mass is 10.2. The first-order chi connectivity index (χ1) is 5.24. The van der Waals surface area contributed by atoms with Crippen molar-refractivity contribution in [2.45, 2.75) is 6.92 Å². The van der Waals surface area contributed by atoms with E-state index in [0.717, 1.165) is 5.56 Å². The molecule has 0 unspecified atom stereocenters. The van der Waals surface area contributed by atoms with E-state index in [4.69, 9.17) is 7.15 Å². The van der Waals surface area contributed by atoms with E-state index in [0.29, 0.717) is 11.4 Å². The number of nitrogens with one attached hydrogen (secondary N) is 1. The molecular weight excluding hydrogens is 126 g/mol. The zero-order chi connectivity index (χ0) is 8.27. The molecule has 3 N–H and O–H groups in total. The molecule has 1 aromatic rings. The smallest absolute Gasteiger partial charge is 0.214 e. The number of aryl methyl sites for hydroxylation is 1. The second-order valence-electron chi connectivity index (χ2n) is 2.15. The van der Waals surface area contributed by atoms with Gasteiger partial charge < -0.3 is 5.73 Å². The molecule has 3 nitrogen and oxygen atoms in total. The Morgan fingerprint density at radius 1 is 1.70 bits per heavy atom. The van der Waals surface area contributed by atoms with E-state index in [1.807, 2.05) is 6.92 Å². The van der Waals surface area contributed by atoms with Crippen LogP contribution < -0.4 is 5.73 Å². The van der Waals surface area contributed by atoms with Gasteiger partial charge in [-0.25, -0.2) is 5.52 Å². The Balaban J connectivity index is 3.09. The van der Waals surface area contributed by atoms with Crippen LogP contribution in [0.1, 0.15) is 5.56 Å². The van der Waals surface area contributed by atoms with Crippen LogP contribution in [0.4, 0.5) is 11.4 Å². The molecule has 0 aliphatic rings. The lowest BCUT2D eigenvalue weighted by molar-refractivity contribution is 1.13. The highest BCUT2D eigenvalue weighted by molar-refractivity contribution is 5.53. The fraction of sp³-hybridized carbons (Fsp3) is 0.143. The Hall–Kier alpha value is -1.38. The van der Waals surface area contributed by atoms with Crippen molar-refractivity contribution < 1.29 is 1.41 Å². The summed E-state index contributed by atoms with van der Waals surface area (Å²) in [4.78, 5) is 0. The zero-order valence-corrected chi connectivity index (χ0v) is 5.70. The molecule has 0 aromatic heterocycles. The predicted molar refractivity (Wildman–Crippen MR) is 40.4 cm³/mol. The van der Waals surface area contributed by atoms with Gasteiger partial charge in [-0.15, -0.1) is 0 Å². The molecule has 1 rings (SSSR count). The van der Waals surface area contributed by atoms with Gasteiger partial charge in [0.2, 0.25) is 1.41 Å². The Bertz CT molecular complexity index is 283. The zero-order valence-electron chi connectivity index (χ0n) is 6.70. The van der Waals surface area contributed by atoms with Crippen molar-refractivity contribution >= 4 is 11.4 Å². The van der Waals surface area contributed by atoms with Crippen LogP contribution in [0.15, 0.2) is 23.3 Å². The summed E-state index contributed by atoms with van der Waals surface area (Å²) >= 11 is 0. The molecular formula is C7H9N3. The molecule has 0 saturated carbocycles. The number of nitrogen functional groups attached to an aromatic ring is 1. The highest BCUT2D eigenvalue weighted by Gasteiger charge is 1.94. The van der Waals surface area contributed by atoms with Crippen molar-refractivity contribution in [2.75, 3.05) is 5.73 Å². The van der Waals surface area contributed by atoms with Gasteiger partial charge in [0.05, 0.1) is 5.69 Å². The normalized spacial score (nSPS) is 11.9. The lowest BCUT2D eigenvalue weighted by Gasteiger charge is -1.97. The molecule has 0 fully saturated rings. The van der Waals surface area contributed by atoms with Crippen LogP contribution in [0, 0.1) is 12.4 Å². The van der Waals surface area contributed by atoms with Crippen molar-refractivity contribution in [1.29, 1.82) is 5.52 Å². The van der Waals surface area contributed by atoms with Crippen molar-refractivity contribution in [3.05, 3.63) is 23.8 Å². The van der Waals surface area contributed by atoms with E-state index in [9.17, 15) is 0 Å². The predicted octanol–water partition coefficient (Wildman–Crippen LogP) is 2.24. The Morgan fingerprint density at radius 3 is 3.10 bits per heavy atom. The van der Waals surface area contributed by atoms with Gasteiger partial charge in [-0.3, -0.25) is 0 Å². The average molecular weight is 136 g/mol. The van der Waals surface area contributed by atoms with E-state index in [1.165, 1.54) is 0 Å². The number of rotatable bonds is 1. The Kier molecular flexibility index (Phi) is 1.34. The number of nitrogens with zero attached hydrogens (tertiary/aromatic N) is 1. The summed E-state index contributed by atoms with van der Waals surface area (Å²) in [6.45, 7) is 1.88. The monoisotopic (exact) mass is 136 g/mol. The van der Waals surface area contributed by atoms with Crippen LogP contribution in [0.5, 0.6) is 0 Å². The van der Waals surface area contributed by atoms with E-state index < -0.39 is 0 Å². The number of nitrogens with two attached hydrogens (primary N) is 1. The summed E-state index contributed by atoms with van der Waals surface area (Å²) in [5.41, 5.74) is 10.8. The van der Waals surface area contributed by atoms with Gasteiger partial charge in [0.15, 0.2) is 0 Å². The molecule has 0 aliphatic heterocycles. The maximum Gasteiger partial charge on any atom is 0.214 e. The minimum Gasteiger partial charge on any atom is -0.399 e. The number of benzene rings is 1. The molecule has 0 bridgehead atoms. The fourth-order valence-corrected chi connectivity index (χ4v) is 0.791. The molecule has 0 radical (unpaired) electrons. The first-order valence-electron chi connectivity index (χ1n) is 3.40. The van der Waals surface area contributed by atoms with Gasteiger partial charge in [-0.2, -0.15) is 5.11 Å². The third-order valence-electron chi connectivity index (χ3n) is 1.33. The van der Waals surface area contributed by atoms with Crippen molar-refractivity contribution in [1.82, 2.24) is 0 Å². The van der Waals surface area contributed by atoms with Crippen LogP contribution >= 0.6 is 0 Å². The summed E-state index contributed by atoms with van der Waals surface area (Å²) < 4.78 is 6.52. The molecule has 0 spiro atoms. The third-order valence-corrected chi connectivity index (χ3v) is 1.33. The topological polar surface area (TPSA) is 62.2 Å². The molecule has 1 aromatic carbocycles. The molecule has 3 heteroatoms. The van der Waals surface area contributed by atoms with Gasteiger partial charge >= 0.3 is 0 Å². The highest BCUT2D eigenvalue weighted by atomic mass is 15.0. The SMILES string of the molecule is [2H]N=Nc1ccc(N)cc1C. The molecule has 52 valence electrons. The van der Waals surface area contributed by atoms with Crippen LogP contribution in [0.25, 0.3) is 0 Å². The summed E-state index contributed by atoms with van der Waals surface area (Å²) in [5.74, 6) is 0. The summed E-state index contributed by atoms with van der Waals surface area (Å²) in [6.07, 6.45) is 0. The van der Waals surface area contributed by atoms with E-state index in [2.05, 4.69) is 10.6 Å².